The monoisotopic (exact) mass is 882 g/mol. The van der Waals surface area contributed by atoms with Gasteiger partial charge < -0.3 is 35.0 Å². The summed E-state index contributed by atoms with van der Waals surface area (Å²) in [5, 5.41) is 22.6. The number of urea groups is 1. The first kappa shape index (κ1) is 47.1. The Morgan fingerprint density at radius 1 is 0.937 bits per heavy atom. The topological polar surface area (TPSA) is 179 Å². The van der Waals surface area contributed by atoms with Crippen LogP contribution in [0, 0.1) is 11.8 Å². The van der Waals surface area contributed by atoms with Gasteiger partial charge in [0.2, 0.25) is 5.91 Å². The number of benzene rings is 2. The van der Waals surface area contributed by atoms with Crippen molar-refractivity contribution < 1.29 is 33.8 Å². The van der Waals surface area contributed by atoms with Crippen molar-refractivity contribution in [3.8, 4) is 11.3 Å². The van der Waals surface area contributed by atoms with Crippen LogP contribution in [0.3, 0.4) is 0 Å². The number of hydrogen-bond donors (Lipinski definition) is 4. The van der Waals surface area contributed by atoms with Gasteiger partial charge in [-0.05, 0) is 54.4 Å². The zero-order valence-corrected chi connectivity index (χ0v) is 37.6. The summed E-state index contributed by atoms with van der Waals surface area (Å²) < 4.78 is 10.1. The summed E-state index contributed by atoms with van der Waals surface area (Å²) in [5.41, 5.74) is 7.30. The van der Waals surface area contributed by atoms with Crippen molar-refractivity contribution in [1.29, 1.82) is 0 Å². The number of thiazole rings is 1. The molecule has 2 aromatic heterocycles. The fourth-order valence-electron chi connectivity index (χ4n) is 8.48. The largest absolute Gasteiger partial charge is 0.453 e. The number of nitrogens with zero attached hydrogens (tertiary/aromatic N) is 5. The van der Waals surface area contributed by atoms with E-state index in [-0.39, 0.29) is 43.3 Å². The Kier molecular flexibility index (Phi) is 17.4. The van der Waals surface area contributed by atoms with E-state index in [1.165, 1.54) is 18.4 Å². The van der Waals surface area contributed by atoms with E-state index in [0.717, 1.165) is 65.2 Å². The first-order chi connectivity index (χ1) is 30.6. The summed E-state index contributed by atoms with van der Waals surface area (Å²) in [7, 11) is 2.89. The number of nitrogens with one attached hydrogen (secondary N) is 3. The van der Waals surface area contributed by atoms with Crippen molar-refractivity contribution in [2.75, 3.05) is 33.9 Å². The Bertz CT molecular complexity index is 2070. The van der Waals surface area contributed by atoms with Gasteiger partial charge >= 0.3 is 12.1 Å². The molecule has 4 aromatic rings. The third-order valence-electron chi connectivity index (χ3n) is 12.1. The van der Waals surface area contributed by atoms with Gasteiger partial charge in [-0.25, -0.2) is 19.6 Å². The van der Waals surface area contributed by atoms with E-state index in [2.05, 4.69) is 26.0 Å². The van der Waals surface area contributed by atoms with Crippen molar-refractivity contribution >= 4 is 35.3 Å². The number of aliphatic hydroxyl groups excluding tert-OH is 1. The quantitative estimate of drug-likeness (QED) is 0.0734. The molecule has 2 aromatic carbocycles. The lowest BCUT2D eigenvalue weighted by molar-refractivity contribution is -0.132. The van der Waals surface area contributed by atoms with Crippen LogP contribution in [0.1, 0.15) is 74.2 Å². The number of aromatic nitrogens is 2. The fraction of sp³-hybridized carbons (Fsp3) is 0.489. The average Bonchev–Trinajstić information content (AvgIpc) is 3.91. The molecule has 2 fully saturated rings. The predicted octanol–water partition coefficient (Wildman–Crippen LogP) is 5.93. The highest BCUT2D eigenvalue weighted by Crippen LogP contribution is 2.28. The van der Waals surface area contributed by atoms with Gasteiger partial charge in [-0.2, -0.15) is 0 Å². The minimum absolute atomic E-state index is 0.0791. The Morgan fingerprint density at radius 3 is 2.37 bits per heavy atom. The van der Waals surface area contributed by atoms with Crippen molar-refractivity contribution in [1.82, 2.24) is 40.8 Å². The predicted molar refractivity (Wildman–Crippen MR) is 241 cm³/mol. The molecule has 0 radical (unpaired) electrons. The molecule has 0 bridgehead atoms. The van der Waals surface area contributed by atoms with Crippen LogP contribution >= 0.6 is 11.3 Å². The smallest absolute Gasteiger partial charge is 0.407 e. The van der Waals surface area contributed by atoms with Crippen LogP contribution in [0.2, 0.25) is 0 Å². The van der Waals surface area contributed by atoms with Crippen molar-refractivity contribution in [2.45, 2.75) is 103 Å². The second kappa shape index (κ2) is 23.3. The molecule has 6 rings (SSSR count). The SMILES string of the molecule is CC[C@H](C)[C@@H](C(=O)N[C@@H](Cc1ccccc1)[C@@H](O)CN(Cc1ccc(-c2ccccn2)cc1)NC(=O)[C@@H](NC(=O)OC)C1CCCCC1)N1CCN(Cc2csc(COC)n2)C1=O. The molecule has 5 atom stereocenters. The maximum absolute atomic E-state index is 14.6. The van der Waals surface area contributed by atoms with Crippen LogP contribution in [0.4, 0.5) is 9.59 Å². The second-order valence-electron chi connectivity index (χ2n) is 16.5. The average molecular weight is 883 g/mol. The molecule has 15 nitrogen and oxygen atoms in total. The van der Waals surface area contributed by atoms with E-state index in [9.17, 15) is 24.3 Å². The lowest BCUT2D eigenvalue weighted by Gasteiger charge is -2.36. The second-order valence-corrected chi connectivity index (χ2v) is 17.5. The summed E-state index contributed by atoms with van der Waals surface area (Å²) in [4.78, 5) is 67.9. The minimum atomic E-state index is -1.20. The van der Waals surface area contributed by atoms with Gasteiger partial charge in [0.25, 0.3) is 5.91 Å². The van der Waals surface area contributed by atoms with Crippen molar-refractivity contribution in [3.63, 3.8) is 0 Å². The number of rotatable bonds is 21. The van der Waals surface area contributed by atoms with E-state index < -0.39 is 36.2 Å². The van der Waals surface area contributed by atoms with Crippen LogP contribution in [0.15, 0.2) is 84.4 Å². The maximum Gasteiger partial charge on any atom is 0.407 e. The normalized spacial score (nSPS) is 16.9. The molecule has 16 heteroatoms. The number of hydrogen-bond acceptors (Lipinski definition) is 11. The number of pyridine rings is 1. The summed E-state index contributed by atoms with van der Waals surface area (Å²) in [6, 6.07) is 20.4. The Balaban J connectivity index is 1.24. The standard InChI is InChI=1S/C47H62N8O7S/c1-5-32(2)43(55-25-24-53(47(55)60)28-37-31-63-41(49-37)30-61-3)45(58)50-39(26-33-14-8-6-9-15-33)40(56)29-54(27-34-19-21-35(22-20-34)38-18-12-13-23-48-38)52-44(57)42(51-46(59)62-4)36-16-10-7-11-17-36/h6,8-9,12-15,18-23,31-32,36,39-40,42-43,56H,5,7,10-11,16-17,24-30H2,1-4H3,(H,50,58)(H,51,59)(H,52,57)/t32-,39-,40-,42-,43-/m0/s1. The molecule has 338 valence electrons. The molecule has 1 saturated heterocycles. The molecule has 1 saturated carbocycles. The number of methoxy groups -OCH3 is 2. The number of carbonyl (C=O) groups excluding carboxylic acids is 4. The first-order valence-electron chi connectivity index (χ1n) is 22.0. The number of amides is 5. The Hall–Kier alpha value is -5.42. The zero-order chi connectivity index (χ0) is 44.7. The molecule has 4 N–H and O–H groups in total. The zero-order valence-electron chi connectivity index (χ0n) is 36.8. The Morgan fingerprint density at radius 2 is 1.68 bits per heavy atom. The lowest BCUT2D eigenvalue weighted by Crippen LogP contribution is -2.59. The molecular weight excluding hydrogens is 821 g/mol. The molecule has 0 unspecified atom stereocenters. The van der Waals surface area contributed by atoms with Crippen LogP contribution in [-0.2, 0) is 45.2 Å². The van der Waals surface area contributed by atoms with Crippen LogP contribution in [0.5, 0.6) is 0 Å². The summed E-state index contributed by atoms with van der Waals surface area (Å²) in [6.45, 7) is 5.60. The molecule has 1 aliphatic carbocycles. The van der Waals surface area contributed by atoms with Crippen molar-refractivity contribution in [3.05, 3.63) is 106 Å². The summed E-state index contributed by atoms with van der Waals surface area (Å²) in [6.07, 6.45) is 5.28. The number of aliphatic hydroxyl groups is 1. The van der Waals surface area contributed by atoms with Crippen LogP contribution in [0.25, 0.3) is 11.3 Å². The molecule has 3 heterocycles. The first-order valence-corrected chi connectivity index (χ1v) is 22.8. The van der Waals surface area contributed by atoms with Gasteiger partial charge in [-0.15, -0.1) is 11.3 Å². The van der Waals surface area contributed by atoms with Crippen LogP contribution < -0.4 is 16.1 Å². The molecule has 2 aliphatic rings. The third kappa shape index (κ3) is 13.1. The van der Waals surface area contributed by atoms with Gasteiger partial charge in [-0.1, -0.05) is 100 Å². The highest BCUT2D eigenvalue weighted by atomic mass is 32.1. The maximum atomic E-state index is 14.6. The van der Waals surface area contributed by atoms with E-state index in [4.69, 9.17) is 9.47 Å². The van der Waals surface area contributed by atoms with Gasteiger partial charge in [0.05, 0.1) is 43.8 Å². The summed E-state index contributed by atoms with van der Waals surface area (Å²) in [5.74, 6) is -1.07. The summed E-state index contributed by atoms with van der Waals surface area (Å²) >= 11 is 1.48. The van der Waals surface area contributed by atoms with Gasteiger partial charge in [0.15, 0.2) is 0 Å². The van der Waals surface area contributed by atoms with Gasteiger partial charge in [0, 0.05) is 50.4 Å². The Labute approximate surface area is 374 Å². The van der Waals surface area contributed by atoms with E-state index in [1.807, 2.05) is 92.0 Å². The number of ether oxygens (including phenoxy) is 2. The van der Waals surface area contributed by atoms with Crippen LogP contribution in [-0.4, -0.2) is 112 Å². The van der Waals surface area contributed by atoms with Gasteiger partial charge in [0.1, 0.15) is 17.1 Å². The number of alkyl carbamates (subject to hydrolysis) is 1. The van der Waals surface area contributed by atoms with E-state index in [0.29, 0.717) is 32.7 Å². The fourth-order valence-corrected chi connectivity index (χ4v) is 9.23. The molecular formula is C47H62N8O7S. The molecule has 1 aliphatic heterocycles. The molecule has 5 amide bonds. The molecule has 0 spiro atoms. The van der Waals surface area contributed by atoms with E-state index in [1.54, 1.807) is 28.1 Å². The highest BCUT2D eigenvalue weighted by molar-refractivity contribution is 7.09. The highest BCUT2D eigenvalue weighted by Gasteiger charge is 2.41. The molecule has 63 heavy (non-hydrogen) atoms. The van der Waals surface area contributed by atoms with Gasteiger partial charge in [-0.3, -0.25) is 20.0 Å². The lowest BCUT2D eigenvalue weighted by atomic mass is 9.83. The third-order valence-corrected chi connectivity index (χ3v) is 12.9. The van der Waals surface area contributed by atoms with E-state index >= 15 is 0 Å². The van der Waals surface area contributed by atoms with Crippen molar-refractivity contribution in [2.24, 2.45) is 11.8 Å². The number of carbonyl (C=O) groups is 4. The number of hydrazine groups is 1. The minimum Gasteiger partial charge on any atom is -0.453 e.